The summed E-state index contributed by atoms with van der Waals surface area (Å²) in [6, 6.07) is 16.5. The second-order valence-electron chi connectivity index (χ2n) is 8.18. The van der Waals surface area contributed by atoms with Gasteiger partial charge >= 0.3 is 6.03 Å². The van der Waals surface area contributed by atoms with Gasteiger partial charge in [-0.1, -0.05) is 18.2 Å². The minimum atomic E-state index is -0.994. The molecule has 3 N–H and O–H groups in total. The average molecular weight is 432 g/mol. The van der Waals surface area contributed by atoms with E-state index in [4.69, 9.17) is 4.74 Å². The topological polar surface area (TPSA) is 109 Å². The Bertz CT molecular complexity index is 1190. The van der Waals surface area contributed by atoms with E-state index in [0.29, 0.717) is 18.0 Å². The summed E-state index contributed by atoms with van der Waals surface area (Å²) in [6.45, 7) is 4.11. The standard InChI is InChI=1S/C24H24N4O4/c1-15-11-16(19-5-3-4-6-20(19)26-15)13-32-18-9-7-17(8-10-18)27-21(29)12-24(2)14-25-23(31)28-22(24)30/h3-11H,12-14H2,1-2H3,(H,27,29)(H2,25,28,30,31). The van der Waals surface area contributed by atoms with Crippen LogP contribution in [-0.4, -0.2) is 29.4 Å². The molecule has 0 spiro atoms. The number of anilines is 1. The Kier molecular flexibility index (Phi) is 5.77. The Morgan fingerprint density at radius 1 is 1.16 bits per heavy atom. The molecule has 0 saturated carbocycles. The smallest absolute Gasteiger partial charge is 0.321 e. The summed E-state index contributed by atoms with van der Waals surface area (Å²) in [6.07, 6.45) is -0.0498. The van der Waals surface area contributed by atoms with Crippen LogP contribution in [0.25, 0.3) is 10.9 Å². The van der Waals surface area contributed by atoms with Gasteiger partial charge < -0.3 is 15.4 Å². The van der Waals surface area contributed by atoms with Crippen molar-refractivity contribution in [1.82, 2.24) is 15.6 Å². The van der Waals surface area contributed by atoms with Crippen molar-refractivity contribution in [2.45, 2.75) is 26.9 Å². The highest BCUT2D eigenvalue weighted by Crippen LogP contribution is 2.25. The first kappa shape index (κ1) is 21.3. The van der Waals surface area contributed by atoms with Crippen molar-refractivity contribution in [3.05, 3.63) is 65.9 Å². The third-order valence-corrected chi connectivity index (χ3v) is 5.43. The summed E-state index contributed by atoms with van der Waals surface area (Å²) in [4.78, 5) is 40.3. The number of fused-ring (bicyclic) bond motifs is 1. The van der Waals surface area contributed by atoms with Crippen LogP contribution in [0.4, 0.5) is 10.5 Å². The zero-order valence-electron chi connectivity index (χ0n) is 17.9. The maximum Gasteiger partial charge on any atom is 0.321 e. The Morgan fingerprint density at radius 3 is 2.66 bits per heavy atom. The van der Waals surface area contributed by atoms with E-state index in [1.807, 2.05) is 37.3 Å². The largest absolute Gasteiger partial charge is 0.489 e. The maximum absolute atomic E-state index is 12.4. The van der Waals surface area contributed by atoms with Crippen LogP contribution in [0, 0.1) is 12.3 Å². The van der Waals surface area contributed by atoms with E-state index in [-0.39, 0.29) is 18.9 Å². The highest BCUT2D eigenvalue weighted by Gasteiger charge is 2.40. The van der Waals surface area contributed by atoms with Crippen LogP contribution in [0.2, 0.25) is 0 Å². The molecule has 1 saturated heterocycles. The van der Waals surface area contributed by atoms with Crippen molar-refractivity contribution in [2.24, 2.45) is 5.41 Å². The van der Waals surface area contributed by atoms with Crippen LogP contribution in [0.1, 0.15) is 24.6 Å². The zero-order chi connectivity index (χ0) is 22.7. The van der Waals surface area contributed by atoms with Crippen molar-refractivity contribution in [3.63, 3.8) is 0 Å². The minimum Gasteiger partial charge on any atom is -0.489 e. The third kappa shape index (κ3) is 4.69. The molecule has 8 nitrogen and oxygen atoms in total. The Hall–Kier alpha value is -3.94. The quantitative estimate of drug-likeness (QED) is 0.554. The van der Waals surface area contributed by atoms with Gasteiger partial charge in [-0.15, -0.1) is 0 Å². The number of nitrogens with zero attached hydrogens (tertiary/aromatic N) is 1. The van der Waals surface area contributed by atoms with Gasteiger partial charge in [-0.2, -0.15) is 0 Å². The lowest BCUT2D eigenvalue weighted by Crippen LogP contribution is -2.58. The minimum absolute atomic E-state index is 0.0498. The van der Waals surface area contributed by atoms with Crippen molar-refractivity contribution in [1.29, 1.82) is 0 Å². The van der Waals surface area contributed by atoms with Gasteiger partial charge in [-0.25, -0.2) is 4.79 Å². The molecule has 0 aliphatic carbocycles. The molecule has 0 bridgehead atoms. The number of rotatable bonds is 6. The number of para-hydroxylation sites is 1. The molecule has 32 heavy (non-hydrogen) atoms. The fourth-order valence-electron chi connectivity index (χ4n) is 3.67. The molecule has 4 amide bonds. The molecule has 8 heteroatoms. The van der Waals surface area contributed by atoms with E-state index in [0.717, 1.165) is 22.2 Å². The third-order valence-electron chi connectivity index (χ3n) is 5.43. The second kappa shape index (κ2) is 8.66. The second-order valence-corrected chi connectivity index (χ2v) is 8.18. The van der Waals surface area contributed by atoms with Gasteiger partial charge in [0.05, 0.1) is 10.9 Å². The number of hydrogen-bond acceptors (Lipinski definition) is 5. The number of urea groups is 1. The molecular weight excluding hydrogens is 408 g/mol. The summed E-state index contributed by atoms with van der Waals surface area (Å²) in [5, 5.41) is 8.59. The van der Waals surface area contributed by atoms with Crippen LogP contribution >= 0.6 is 0 Å². The molecule has 3 aromatic rings. The first-order chi connectivity index (χ1) is 15.3. The average Bonchev–Trinajstić information content (AvgIpc) is 2.76. The first-order valence-corrected chi connectivity index (χ1v) is 10.3. The van der Waals surface area contributed by atoms with Gasteiger partial charge in [0.25, 0.3) is 0 Å². The Labute approximate surface area is 185 Å². The van der Waals surface area contributed by atoms with Crippen molar-refractivity contribution < 1.29 is 19.1 Å². The van der Waals surface area contributed by atoms with Gasteiger partial charge in [0.15, 0.2) is 0 Å². The Balaban J connectivity index is 1.36. The number of carbonyl (C=O) groups is 3. The lowest BCUT2D eigenvalue weighted by molar-refractivity contribution is -0.134. The first-order valence-electron chi connectivity index (χ1n) is 10.3. The molecule has 1 aliphatic heterocycles. The molecule has 1 aromatic heterocycles. The maximum atomic E-state index is 12.4. The molecular formula is C24H24N4O4. The van der Waals surface area contributed by atoms with E-state index >= 15 is 0 Å². The molecule has 4 rings (SSSR count). The number of aromatic nitrogens is 1. The number of ether oxygens (including phenoxy) is 1. The highest BCUT2D eigenvalue weighted by atomic mass is 16.5. The van der Waals surface area contributed by atoms with E-state index < -0.39 is 17.4 Å². The zero-order valence-corrected chi connectivity index (χ0v) is 17.9. The number of benzene rings is 2. The van der Waals surface area contributed by atoms with Crippen LogP contribution < -0.4 is 20.7 Å². The number of amides is 4. The fraction of sp³-hybridized carbons (Fsp3) is 0.250. The number of pyridine rings is 1. The summed E-state index contributed by atoms with van der Waals surface area (Å²) in [5.74, 6) is -0.104. The fourth-order valence-corrected chi connectivity index (χ4v) is 3.67. The van der Waals surface area contributed by atoms with Gasteiger partial charge in [-0.3, -0.25) is 19.9 Å². The van der Waals surface area contributed by atoms with Gasteiger partial charge in [0, 0.05) is 35.3 Å². The number of aryl methyl sites for hydroxylation is 1. The van der Waals surface area contributed by atoms with Gasteiger partial charge in [0.2, 0.25) is 11.8 Å². The van der Waals surface area contributed by atoms with E-state index in [1.54, 1.807) is 31.2 Å². The molecule has 1 fully saturated rings. The predicted octanol–water partition coefficient (Wildman–Crippen LogP) is 3.30. The lowest BCUT2D eigenvalue weighted by atomic mass is 9.84. The van der Waals surface area contributed by atoms with Crippen molar-refractivity contribution >= 4 is 34.4 Å². The normalized spacial score (nSPS) is 18.1. The summed E-state index contributed by atoms with van der Waals surface area (Å²) in [5.41, 5.74) is 2.52. The van der Waals surface area contributed by atoms with Gasteiger partial charge in [0.1, 0.15) is 12.4 Å². The van der Waals surface area contributed by atoms with Crippen molar-refractivity contribution in [2.75, 3.05) is 11.9 Å². The van der Waals surface area contributed by atoms with Crippen LogP contribution in [-0.2, 0) is 16.2 Å². The van der Waals surface area contributed by atoms with E-state index in [2.05, 4.69) is 20.9 Å². The summed E-state index contributed by atoms with van der Waals surface area (Å²) >= 11 is 0. The Morgan fingerprint density at radius 2 is 1.91 bits per heavy atom. The number of carbonyl (C=O) groups excluding carboxylic acids is 3. The summed E-state index contributed by atoms with van der Waals surface area (Å²) in [7, 11) is 0. The molecule has 2 aromatic carbocycles. The monoisotopic (exact) mass is 432 g/mol. The van der Waals surface area contributed by atoms with E-state index in [9.17, 15) is 14.4 Å². The van der Waals surface area contributed by atoms with Crippen LogP contribution in [0.15, 0.2) is 54.6 Å². The number of nitrogens with one attached hydrogen (secondary N) is 3. The highest BCUT2D eigenvalue weighted by molar-refractivity contribution is 6.03. The molecule has 2 heterocycles. The van der Waals surface area contributed by atoms with Gasteiger partial charge in [-0.05, 0) is 50.2 Å². The molecule has 164 valence electrons. The SMILES string of the molecule is Cc1cc(COc2ccc(NC(=O)CC3(C)CNC(=O)NC3=O)cc2)c2ccccc2n1. The summed E-state index contributed by atoms with van der Waals surface area (Å²) < 4.78 is 5.94. The lowest BCUT2D eigenvalue weighted by Gasteiger charge is -2.31. The molecule has 1 aliphatic rings. The van der Waals surface area contributed by atoms with E-state index in [1.165, 1.54) is 0 Å². The number of hydrogen-bond donors (Lipinski definition) is 3. The van der Waals surface area contributed by atoms with Crippen LogP contribution in [0.5, 0.6) is 5.75 Å². The van der Waals surface area contributed by atoms with Crippen molar-refractivity contribution in [3.8, 4) is 5.75 Å². The molecule has 1 unspecified atom stereocenters. The molecule has 0 radical (unpaired) electrons. The molecule has 1 atom stereocenters. The number of imide groups is 1. The predicted molar refractivity (Wildman–Crippen MR) is 120 cm³/mol. The van der Waals surface area contributed by atoms with Crippen LogP contribution in [0.3, 0.4) is 0 Å².